The van der Waals surface area contributed by atoms with Crippen molar-refractivity contribution >= 4 is 5.91 Å². The van der Waals surface area contributed by atoms with E-state index < -0.39 is 0 Å². The number of H-pyrrole nitrogens is 1. The van der Waals surface area contributed by atoms with E-state index >= 15 is 0 Å². The maximum absolute atomic E-state index is 13.0. The lowest BCUT2D eigenvalue weighted by atomic mass is 10.1. The van der Waals surface area contributed by atoms with Gasteiger partial charge in [0.15, 0.2) is 0 Å². The summed E-state index contributed by atoms with van der Waals surface area (Å²) in [5, 5.41) is 6.72. The summed E-state index contributed by atoms with van der Waals surface area (Å²) < 4.78 is 18.3. The molecule has 0 aliphatic heterocycles. The zero-order chi connectivity index (χ0) is 15.5. The molecule has 0 unspecified atom stereocenters. The minimum atomic E-state index is -0.328. The third-order valence-electron chi connectivity index (χ3n) is 3.32. The van der Waals surface area contributed by atoms with Crippen LogP contribution < -0.4 is 0 Å². The number of furan rings is 1. The van der Waals surface area contributed by atoms with Crippen molar-refractivity contribution in [1.29, 1.82) is 0 Å². The Kier molecular flexibility index (Phi) is 3.74. The van der Waals surface area contributed by atoms with E-state index in [1.807, 2.05) is 0 Å². The first kappa shape index (κ1) is 14.1. The summed E-state index contributed by atoms with van der Waals surface area (Å²) in [6.45, 7) is 0.361. The predicted molar refractivity (Wildman–Crippen MR) is 78.5 cm³/mol. The highest BCUT2D eigenvalue weighted by Crippen LogP contribution is 2.22. The number of nitrogens with one attached hydrogen (secondary N) is 1. The number of amides is 1. The molecule has 3 aromatic rings. The van der Waals surface area contributed by atoms with Gasteiger partial charge in [-0.1, -0.05) is 0 Å². The van der Waals surface area contributed by atoms with Crippen molar-refractivity contribution in [2.75, 3.05) is 7.05 Å². The van der Waals surface area contributed by atoms with Crippen LogP contribution >= 0.6 is 0 Å². The second kappa shape index (κ2) is 5.85. The SMILES string of the molecule is CN(Cc1ccco1)C(=O)c1cn[nH]c1-c1ccc(F)cc1. The van der Waals surface area contributed by atoms with Crippen molar-refractivity contribution in [3.05, 3.63) is 66.0 Å². The number of nitrogens with zero attached hydrogens (tertiary/aromatic N) is 2. The van der Waals surface area contributed by atoms with E-state index in [2.05, 4.69) is 10.2 Å². The van der Waals surface area contributed by atoms with Crippen molar-refractivity contribution < 1.29 is 13.6 Å². The summed E-state index contributed by atoms with van der Waals surface area (Å²) in [5.41, 5.74) is 1.70. The van der Waals surface area contributed by atoms with Crippen LogP contribution in [0.5, 0.6) is 0 Å². The Hall–Kier alpha value is -2.89. The maximum atomic E-state index is 13.0. The Morgan fingerprint density at radius 2 is 2.09 bits per heavy atom. The van der Waals surface area contributed by atoms with Crippen molar-refractivity contribution in [3.63, 3.8) is 0 Å². The van der Waals surface area contributed by atoms with Crippen molar-refractivity contribution in [2.24, 2.45) is 0 Å². The van der Waals surface area contributed by atoms with Crippen LogP contribution in [0.15, 0.2) is 53.3 Å². The lowest BCUT2D eigenvalue weighted by Crippen LogP contribution is -2.26. The molecule has 0 aliphatic carbocycles. The lowest BCUT2D eigenvalue weighted by molar-refractivity contribution is 0.0776. The lowest BCUT2D eigenvalue weighted by Gasteiger charge is -2.15. The third kappa shape index (κ3) is 2.76. The predicted octanol–water partition coefficient (Wildman–Crippen LogP) is 3.08. The van der Waals surface area contributed by atoms with Crippen LogP contribution in [0.1, 0.15) is 16.1 Å². The first-order valence-electron chi connectivity index (χ1n) is 6.72. The van der Waals surface area contributed by atoms with E-state index in [0.29, 0.717) is 29.1 Å². The molecule has 2 heterocycles. The van der Waals surface area contributed by atoms with Crippen LogP contribution in [0.4, 0.5) is 4.39 Å². The van der Waals surface area contributed by atoms with Crippen LogP contribution in [0.3, 0.4) is 0 Å². The third-order valence-corrected chi connectivity index (χ3v) is 3.32. The van der Waals surface area contributed by atoms with Crippen molar-refractivity contribution in [2.45, 2.75) is 6.54 Å². The first-order valence-corrected chi connectivity index (χ1v) is 6.72. The van der Waals surface area contributed by atoms with Gasteiger partial charge in [0, 0.05) is 12.6 Å². The van der Waals surface area contributed by atoms with Crippen LogP contribution in [0.2, 0.25) is 0 Å². The average molecular weight is 299 g/mol. The summed E-state index contributed by atoms with van der Waals surface area (Å²) in [4.78, 5) is 14.1. The quantitative estimate of drug-likeness (QED) is 0.805. The monoisotopic (exact) mass is 299 g/mol. The molecule has 3 rings (SSSR count). The number of rotatable bonds is 4. The molecule has 112 valence electrons. The van der Waals surface area contributed by atoms with Gasteiger partial charge in [0.05, 0.1) is 30.3 Å². The number of aromatic amines is 1. The van der Waals surface area contributed by atoms with Crippen LogP contribution in [-0.2, 0) is 6.54 Å². The highest BCUT2D eigenvalue weighted by atomic mass is 19.1. The van der Waals surface area contributed by atoms with Gasteiger partial charge in [-0.05, 0) is 36.4 Å². The molecule has 2 aromatic heterocycles. The molecule has 0 spiro atoms. The van der Waals surface area contributed by atoms with Gasteiger partial charge in [-0.15, -0.1) is 0 Å². The smallest absolute Gasteiger partial charge is 0.257 e. The Balaban J connectivity index is 1.84. The number of halogens is 1. The largest absolute Gasteiger partial charge is 0.467 e. The standard InChI is InChI=1S/C16H14FN3O2/c1-20(10-13-3-2-8-22-13)16(21)14-9-18-19-15(14)11-4-6-12(17)7-5-11/h2-9H,10H2,1H3,(H,18,19). The molecule has 0 fully saturated rings. The minimum Gasteiger partial charge on any atom is -0.467 e. The van der Waals surface area contributed by atoms with E-state index in [1.54, 1.807) is 37.6 Å². The molecule has 0 aliphatic rings. The summed E-state index contributed by atoms with van der Waals surface area (Å²) in [6, 6.07) is 9.47. The molecular weight excluding hydrogens is 285 g/mol. The van der Waals surface area contributed by atoms with E-state index in [4.69, 9.17) is 4.42 Å². The number of benzene rings is 1. The normalized spacial score (nSPS) is 10.6. The van der Waals surface area contributed by atoms with E-state index in [1.165, 1.54) is 23.2 Å². The zero-order valence-corrected chi connectivity index (χ0v) is 11.9. The summed E-state index contributed by atoms with van der Waals surface area (Å²) >= 11 is 0. The van der Waals surface area contributed by atoms with E-state index in [9.17, 15) is 9.18 Å². The number of hydrogen-bond acceptors (Lipinski definition) is 3. The molecule has 22 heavy (non-hydrogen) atoms. The average Bonchev–Trinajstić information content (AvgIpc) is 3.18. The second-order valence-corrected chi connectivity index (χ2v) is 4.91. The molecule has 0 atom stereocenters. The maximum Gasteiger partial charge on any atom is 0.257 e. The fourth-order valence-electron chi connectivity index (χ4n) is 2.20. The molecule has 0 radical (unpaired) electrons. The summed E-state index contributed by atoms with van der Waals surface area (Å²) in [5.74, 6) is 0.179. The first-order chi connectivity index (χ1) is 10.6. The topological polar surface area (TPSA) is 62.1 Å². The number of carbonyl (C=O) groups excluding carboxylic acids is 1. The second-order valence-electron chi connectivity index (χ2n) is 4.91. The summed E-state index contributed by atoms with van der Waals surface area (Å²) in [7, 11) is 1.69. The summed E-state index contributed by atoms with van der Waals surface area (Å²) in [6.07, 6.45) is 3.04. The zero-order valence-electron chi connectivity index (χ0n) is 11.9. The minimum absolute atomic E-state index is 0.190. The van der Waals surface area contributed by atoms with Gasteiger partial charge in [-0.3, -0.25) is 9.89 Å². The molecule has 0 bridgehead atoms. The van der Waals surface area contributed by atoms with Crippen LogP contribution in [0, 0.1) is 5.82 Å². The Morgan fingerprint density at radius 3 is 2.77 bits per heavy atom. The number of aromatic nitrogens is 2. The van der Waals surface area contributed by atoms with E-state index in [-0.39, 0.29) is 11.7 Å². The van der Waals surface area contributed by atoms with Crippen LogP contribution in [-0.4, -0.2) is 28.1 Å². The number of carbonyl (C=O) groups is 1. The van der Waals surface area contributed by atoms with Crippen molar-refractivity contribution in [3.8, 4) is 11.3 Å². The van der Waals surface area contributed by atoms with E-state index in [0.717, 1.165) is 0 Å². The van der Waals surface area contributed by atoms with Gasteiger partial charge >= 0.3 is 0 Å². The van der Waals surface area contributed by atoms with Gasteiger partial charge in [0.2, 0.25) is 0 Å². The Bertz CT molecular complexity index is 763. The Morgan fingerprint density at radius 1 is 1.32 bits per heavy atom. The highest BCUT2D eigenvalue weighted by Gasteiger charge is 2.19. The van der Waals surface area contributed by atoms with Gasteiger partial charge in [-0.25, -0.2) is 4.39 Å². The molecule has 0 saturated carbocycles. The van der Waals surface area contributed by atoms with Gasteiger partial charge < -0.3 is 9.32 Å². The molecule has 1 N–H and O–H groups in total. The molecule has 6 heteroatoms. The fourth-order valence-corrected chi connectivity index (χ4v) is 2.20. The van der Waals surface area contributed by atoms with Gasteiger partial charge in [0.1, 0.15) is 11.6 Å². The molecule has 0 saturated heterocycles. The number of hydrogen-bond donors (Lipinski definition) is 1. The molecular formula is C16H14FN3O2. The molecule has 1 amide bonds. The highest BCUT2D eigenvalue weighted by molar-refractivity contribution is 5.99. The van der Waals surface area contributed by atoms with Gasteiger partial charge in [-0.2, -0.15) is 5.10 Å². The van der Waals surface area contributed by atoms with Crippen LogP contribution in [0.25, 0.3) is 11.3 Å². The Labute approximate surface area is 126 Å². The molecule has 1 aromatic carbocycles. The molecule has 5 nitrogen and oxygen atoms in total. The fraction of sp³-hybridized carbons (Fsp3) is 0.125. The van der Waals surface area contributed by atoms with Gasteiger partial charge in [0.25, 0.3) is 5.91 Å². The van der Waals surface area contributed by atoms with Crippen molar-refractivity contribution in [1.82, 2.24) is 15.1 Å².